The Labute approximate surface area is 135 Å². The number of amides is 1. The number of rotatable bonds is 3. The summed E-state index contributed by atoms with van der Waals surface area (Å²) in [7, 11) is 0. The molecule has 1 N–H and O–H groups in total. The van der Waals surface area contributed by atoms with Gasteiger partial charge in [-0.1, -0.05) is 12.1 Å². The van der Waals surface area contributed by atoms with Crippen LogP contribution in [0.15, 0.2) is 22.7 Å². The number of nitrogens with zero attached hydrogens (tertiary/aromatic N) is 1. The zero-order chi connectivity index (χ0) is 16.0. The van der Waals surface area contributed by atoms with Crippen LogP contribution in [0.5, 0.6) is 5.75 Å². The molecule has 2 heterocycles. The summed E-state index contributed by atoms with van der Waals surface area (Å²) < 4.78 is 11.3. The first kappa shape index (κ1) is 14.3. The summed E-state index contributed by atoms with van der Waals surface area (Å²) >= 11 is 0. The van der Waals surface area contributed by atoms with Crippen molar-refractivity contribution in [2.24, 2.45) is 5.92 Å². The molecule has 1 aromatic heterocycles. The van der Waals surface area contributed by atoms with E-state index in [2.05, 4.69) is 17.4 Å². The maximum Gasteiger partial charge on any atom is 0.231 e. The van der Waals surface area contributed by atoms with Crippen LogP contribution < -0.4 is 10.1 Å². The first-order chi connectivity index (χ1) is 11.1. The molecule has 4 rings (SSSR count). The third kappa shape index (κ3) is 2.50. The molecule has 5 heteroatoms. The van der Waals surface area contributed by atoms with E-state index in [4.69, 9.17) is 9.26 Å². The predicted molar refractivity (Wildman–Crippen MR) is 85.5 cm³/mol. The molecule has 0 fully saturated rings. The Morgan fingerprint density at radius 1 is 1.39 bits per heavy atom. The summed E-state index contributed by atoms with van der Waals surface area (Å²) in [6, 6.07) is 5.71. The number of carbonyl (C=O) groups is 1. The Morgan fingerprint density at radius 2 is 2.26 bits per heavy atom. The fraction of sp³-hybridized carbons (Fsp3) is 0.444. The van der Waals surface area contributed by atoms with Gasteiger partial charge in [0.05, 0.1) is 5.92 Å². The standard InChI is InChI=1S/C18H20N2O3/c1-10-3-6-17-14(7-10)16(20-23-17)9-22-12-4-5-15-13(8-12)11(2)18(21)19-15/h4-5,8,10-11H,3,6-7,9H2,1-2H3,(H,19,21). The molecule has 2 aromatic rings. The van der Waals surface area contributed by atoms with Crippen LogP contribution in [0.1, 0.15) is 48.8 Å². The van der Waals surface area contributed by atoms with Gasteiger partial charge >= 0.3 is 0 Å². The van der Waals surface area contributed by atoms with E-state index in [1.807, 2.05) is 25.1 Å². The van der Waals surface area contributed by atoms with E-state index in [1.54, 1.807) is 0 Å². The Morgan fingerprint density at radius 3 is 3.13 bits per heavy atom. The highest BCUT2D eigenvalue weighted by Gasteiger charge is 2.27. The van der Waals surface area contributed by atoms with Gasteiger partial charge in [0.2, 0.25) is 5.91 Å². The number of aromatic nitrogens is 1. The molecule has 1 amide bonds. The number of carbonyl (C=O) groups excluding carboxylic acids is 1. The van der Waals surface area contributed by atoms with Crippen LogP contribution >= 0.6 is 0 Å². The van der Waals surface area contributed by atoms with E-state index >= 15 is 0 Å². The van der Waals surface area contributed by atoms with Gasteiger partial charge in [-0.15, -0.1) is 0 Å². The third-order valence-corrected chi connectivity index (χ3v) is 4.88. The van der Waals surface area contributed by atoms with Gasteiger partial charge in [-0.2, -0.15) is 0 Å². The summed E-state index contributed by atoms with van der Waals surface area (Å²) in [4.78, 5) is 11.7. The molecule has 2 aliphatic rings. The van der Waals surface area contributed by atoms with Crippen LogP contribution in [-0.2, 0) is 24.2 Å². The third-order valence-electron chi connectivity index (χ3n) is 4.88. The van der Waals surface area contributed by atoms with Crippen molar-refractivity contribution in [1.82, 2.24) is 5.16 Å². The van der Waals surface area contributed by atoms with Crippen molar-refractivity contribution in [1.29, 1.82) is 0 Å². The lowest BCUT2D eigenvalue weighted by Crippen LogP contribution is -2.11. The maximum absolute atomic E-state index is 11.7. The van der Waals surface area contributed by atoms with Gasteiger partial charge in [0.15, 0.2) is 0 Å². The molecule has 1 aliphatic carbocycles. The Hall–Kier alpha value is -2.30. The molecule has 120 valence electrons. The van der Waals surface area contributed by atoms with Crippen molar-refractivity contribution in [2.75, 3.05) is 5.32 Å². The molecule has 0 bridgehead atoms. The first-order valence-corrected chi connectivity index (χ1v) is 8.15. The van der Waals surface area contributed by atoms with Crippen LogP contribution in [-0.4, -0.2) is 11.1 Å². The summed E-state index contributed by atoms with van der Waals surface area (Å²) in [6.45, 7) is 4.56. The van der Waals surface area contributed by atoms with E-state index in [9.17, 15) is 4.79 Å². The van der Waals surface area contributed by atoms with Crippen molar-refractivity contribution < 1.29 is 14.1 Å². The van der Waals surface area contributed by atoms with Crippen molar-refractivity contribution in [3.8, 4) is 5.75 Å². The molecular formula is C18H20N2O3. The highest BCUT2D eigenvalue weighted by Crippen LogP contribution is 2.35. The van der Waals surface area contributed by atoms with Gasteiger partial charge in [-0.05, 0) is 49.4 Å². The summed E-state index contributed by atoms with van der Waals surface area (Å²) in [5, 5.41) is 7.05. The Bertz CT molecular complexity index is 766. The molecule has 1 aliphatic heterocycles. The summed E-state index contributed by atoms with van der Waals surface area (Å²) in [5.74, 6) is 2.34. The van der Waals surface area contributed by atoms with Gasteiger partial charge in [-0.3, -0.25) is 4.79 Å². The van der Waals surface area contributed by atoms with Crippen LogP contribution in [0.4, 0.5) is 5.69 Å². The van der Waals surface area contributed by atoms with Crippen LogP contribution in [0, 0.1) is 5.92 Å². The average molecular weight is 312 g/mol. The lowest BCUT2D eigenvalue weighted by molar-refractivity contribution is -0.116. The van der Waals surface area contributed by atoms with E-state index in [-0.39, 0.29) is 11.8 Å². The SMILES string of the molecule is CC1CCc2onc(COc3ccc4c(c3)C(C)C(=O)N4)c2C1. The van der Waals surface area contributed by atoms with E-state index < -0.39 is 0 Å². The number of ether oxygens (including phenoxy) is 1. The molecule has 0 radical (unpaired) electrons. The summed E-state index contributed by atoms with van der Waals surface area (Å²) in [5.41, 5.74) is 3.98. The zero-order valence-corrected chi connectivity index (χ0v) is 13.4. The Balaban J connectivity index is 1.51. The monoisotopic (exact) mass is 312 g/mol. The van der Waals surface area contributed by atoms with Gasteiger partial charge in [0.25, 0.3) is 0 Å². The molecule has 2 atom stereocenters. The molecule has 0 saturated carbocycles. The molecule has 0 spiro atoms. The normalized spacial score (nSPS) is 22.4. The number of anilines is 1. The number of nitrogens with one attached hydrogen (secondary N) is 1. The van der Waals surface area contributed by atoms with Crippen LogP contribution in [0.3, 0.4) is 0 Å². The number of aryl methyl sites for hydroxylation is 1. The number of fused-ring (bicyclic) bond motifs is 2. The van der Waals surface area contributed by atoms with E-state index in [1.165, 1.54) is 5.56 Å². The molecule has 1 aromatic carbocycles. The van der Waals surface area contributed by atoms with Crippen LogP contribution in [0.25, 0.3) is 0 Å². The molecular weight excluding hydrogens is 292 g/mol. The van der Waals surface area contributed by atoms with Crippen molar-refractivity contribution in [3.63, 3.8) is 0 Å². The maximum atomic E-state index is 11.7. The predicted octanol–water partition coefficient (Wildman–Crippen LogP) is 3.43. The number of hydrogen-bond acceptors (Lipinski definition) is 4. The second-order valence-electron chi connectivity index (χ2n) is 6.63. The lowest BCUT2D eigenvalue weighted by atomic mass is 9.88. The molecule has 2 unspecified atom stereocenters. The highest BCUT2D eigenvalue weighted by molar-refractivity contribution is 6.02. The molecule has 0 saturated heterocycles. The van der Waals surface area contributed by atoms with Gasteiger partial charge in [0, 0.05) is 17.7 Å². The van der Waals surface area contributed by atoms with Crippen molar-refractivity contribution in [3.05, 3.63) is 40.8 Å². The second-order valence-corrected chi connectivity index (χ2v) is 6.63. The minimum absolute atomic E-state index is 0.0386. The lowest BCUT2D eigenvalue weighted by Gasteiger charge is -2.16. The smallest absolute Gasteiger partial charge is 0.231 e. The zero-order valence-electron chi connectivity index (χ0n) is 13.4. The average Bonchev–Trinajstić information content (AvgIpc) is 3.07. The van der Waals surface area contributed by atoms with E-state index in [0.717, 1.165) is 47.7 Å². The Kier molecular flexibility index (Phi) is 3.36. The fourth-order valence-electron chi connectivity index (χ4n) is 3.39. The van der Waals surface area contributed by atoms with Gasteiger partial charge < -0.3 is 14.6 Å². The minimum Gasteiger partial charge on any atom is -0.487 e. The largest absolute Gasteiger partial charge is 0.487 e. The van der Waals surface area contributed by atoms with Gasteiger partial charge in [0.1, 0.15) is 23.8 Å². The van der Waals surface area contributed by atoms with Gasteiger partial charge in [-0.25, -0.2) is 0 Å². The van der Waals surface area contributed by atoms with Crippen molar-refractivity contribution in [2.45, 2.75) is 45.6 Å². The minimum atomic E-state index is -0.130. The number of benzene rings is 1. The van der Waals surface area contributed by atoms with Crippen molar-refractivity contribution >= 4 is 11.6 Å². The topological polar surface area (TPSA) is 64.4 Å². The van der Waals surface area contributed by atoms with E-state index in [0.29, 0.717) is 12.5 Å². The first-order valence-electron chi connectivity index (χ1n) is 8.15. The molecule has 23 heavy (non-hydrogen) atoms. The second kappa shape index (κ2) is 5.41. The van der Waals surface area contributed by atoms with Crippen LogP contribution in [0.2, 0.25) is 0 Å². The number of hydrogen-bond donors (Lipinski definition) is 1. The summed E-state index contributed by atoms with van der Waals surface area (Å²) in [6.07, 6.45) is 3.14. The fourth-order valence-corrected chi connectivity index (χ4v) is 3.39. The quantitative estimate of drug-likeness (QED) is 0.943. The highest BCUT2D eigenvalue weighted by atomic mass is 16.5. The molecule has 5 nitrogen and oxygen atoms in total.